The fourth-order valence-electron chi connectivity index (χ4n) is 2.70. The summed E-state index contributed by atoms with van der Waals surface area (Å²) in [4.78, 5) is 2.49. The number of ether oxygens (including phenoxy) is 1. The highest BCUT2D eigenvalue weighted by Crippen LogP contribution is 2.30. The largest absolute Gasteiger partial charge is 0.491 e. The number of hydrogen-bond donors (Lipinski definition) is 1. The van der Waals surface area contributed by atoms with E-state index in [0.29, 0.717) is 0 Å². The van der Waals surface area contributed by atoms with Crippen LogP contribution in [0, 0.1) is 0 Å². The van der Waals surface area contributed by atoms with Crippen LogP contribution < -0.4 is 15.0 Å². The van der Waals surface area contributed by atoms with E-state index in [0.717, 1.165) is 38.4 Å². The van der Waals surface area contributed by atoms with Crippen LogP contribution in [0.25, 0.3) is 0 Å². The fraction of sp³-hybridized carbons (Fsp3) is 0.667. The zero-order valence-electron chi connectivity index (χ0n) is 13.8. The average molecular weight is 290 g/mol. The number of benzene rings is 1. The van der Waals surface area contributed by atoms with Gasteiger partial charge < -0.3 is 15.0 Å². The first kappa shape index (κ1) is 16.2. The number of hydrogen-bond acceptors (Lipinski definition) is 3. The molecule has 0 aliphatic carbocycles. The minimum Gasteiger partial charge on any atom is -0.491 e. The number of fused-ring (bicyclic) bond motifs is 1. The van der Waals surface area contributed by atoms with Gasteiger partial charge >= 0.3 is 0 Å². The molecule has 118 valence electrons. The van der Waals surface area contributed by atoms with Gasteiger partial charge in [-0.2, -0.15) is 0 Å². The molecule has 0 fully saturated rings. The Morgan fingerprint density at radius 2 is 1.95 bits per heavy atom. The van der Waals surface area contributed by atoms with Crippen molar-refractivity contribution < 1.29 is 4.74 Å². The van der Waals surface area contributed by atoms with Gasteiger partial charge in [-0.1, -0.05) is 18.6 Å². The lowest BCUT2D eigenvalue weighted by Crippen LogP contribution is -2.36. The summed E-state index contributed by atoms with van der Waals surface area (Å²) in [5.74, 6) is 1.05. The van der Waals surface area contributed by atoms with Crippen molar-refractivity contribution in [3.63, 3.8) is 0 Å². The number of para-hydroxylation sites is 2. The maximum absolute atomic E-state index is 5.81. The van der Waals surface area contributed by atoms with Crippen LogP contribution in [0.2, 0.25) is 0 Å². The molecular weight excluding hydrogens is 260 g/mol. The van der Waals surface area contributed by atoms with Crippen molar-refractivity contribution in [1.82, 2.24) is 5.32 Å². The lowest BCUT2D eigenvalue weighted by Gasteiger charge is -2.24. The molecule has 0 radical (unpaired) electrons. The van der Waals surface area contributed by atoms with Gasteiger partial charge in [0.1, 0.15) is 5.75 Å². The molecule has 0 saturated heterocycles. The molecule has 3 nitrogen and oxygen atoms in total. The zero-order chi connectivity index (χ0) is 15.1. The van der Waals surface area contributed by atoms with Crippen molar-refractivity contribution >= 4 is 5.69 Å². The van der Waals surface area contributed by atoms with E-state index in [1.165, 1.54) is 24.9 Å². The minimum atomic E-state index is 0.237. The molecule has 21 heavy (non-hydrogen) atoms. The molecule has 0 spiro atoms. The second-order valence-corrected chi connectivity index (χ2v) is 6.89. The Kier molecular flexibility index (Phi) is 5.92. The molecule has 1 aromatic rings. The van der Waals surface area contributed by atoms with E-state index in [1.807, 2.05) is 0 Å². The average Bonchev–Trinajstić information content (AvgIpc) is 2.64. The predicted molar refractivity (Wildman–Crippen MR) is 90.4 cm³/mol. The Morgan fingerprint density at radius 3 is 2.76 bits per heavy atom. The number of nitrogens with zero attached hydrogens (tertiary/aromatic N) is 1. The third-order valence-electron chi connectivity index (χ3n) is 3.80. The van der Waals surface area contributed by atoms with Crippen molar-refractivity contribution in [2.45, 2.75) is 52.0 Å². The lowest BCUT2D eigenvalue weighted by atomic mass is 10.1. The Hall–Kier alpha value is -1.22. The molecule has 0 amide bonds. The molecule has 0 aromatic heterocycles. The maximum atomic E-state index is 5.81. The van der Waals surface area contributed by atoms with Crippen LogP contribution in [0.15, 0.2) is 24.3 Å². The minimum absolute atomic E-state index is 0.237. The number of nitrogens with one attached hydrogen (secondary N) is 1. The van der Waals surface area contributed by atoms with Crippen LogP contribution in [-0.4, -0.2) is 31.8 Å². The van der Waals surface area contributed by atoms with Gasteiger partial charge in [0.2, 0.25) is 0 Å². The smallest absolute Gasteiger partial charge is 0.142 e. The predicted octanol–water partition coefficient (Wildman–Crippen LogP) is 3.83. The first-order valence-corrected chi connectivity index (χ1v) is 8.28. The standard InChI is InChI=1S/C18H30N2O/c1-18(2,3)19-12-7-4-8-13-20-14-9-15-21-17-11-6-5-10-16(17)20/h5-6,10-11,19H,4,7-9,12-15H2,1-3H3. The second kappa shape index (κ2) is 7.69. The van der Waals surface area contributed by atoms with Crippen LogP contribution in [0.5, 0.6) is 5.75 Å². The van der Waals surface area contributed by atoms with E-state index in [-0.39, 0.29) is 5.54 Å². The summed E-state index contributed by atoms with van der Waals surface area (Å²) in [6, 6.07) is 8.43. The van der Waals surface area contributed by atoms with E-state index in [2.05, 4.69) is 55.3 Å². The van der Waals surface area contributed by atoms with E-state index >= 15 is 0 Å². The van der Waals surface area contributed by atoms with Gasteiger partial charge in [-0.3, -0.25) is 0 Å². The highest BCUT2D eigenvalue weighted by molar-refractivity contribution is 5.58. The third kappa shape index (κ3) is 5.58. The van der Waals surface area contributed by atoms with Crippen molar-refractivity contribution in [3.8, 4) is 5.75 Å². The SMILES string of the molecule is CC(C)(C)NCCCCCN1CCCOc2ccccc21. The number of unbranched alkanes of at least 4 members (excludes halogenated alkanes) is 2. The van der Waals surface area contributed by atoms with Gasteiger partial charge in [0, 0.05) is 18.6 Å². The highest BCUT2D eigenvalue weighted by atomic mass is 16.5. The zero-order valence-corrected chi connectivity index (χ0v) is 13.8. The van der Waals surface area contributed by atoms with Crippen molar-refractivity contribution in [3.05, 3.63) is 24.3 Å². The van der Waals surface area contributed by atoms with Crippen LogP contribution in [0.1, 0.15) is 46.5 Å². The number of anilines is 1. The molecule has 1 aliphatic heterocycles. The van der Waals surface area contributed by atoms with Crippen molar-refractivity contribution in [2.75, 3.05) is 31.1 Å². The van der Waals surface area contributed by atoms with Gasteiger partial charge in [-0.25, -0.2) is 0 Å². The second-order valence-electron chi connectivity index (χ2n) is 6.89. The Morgan fingerprint density at radius 1 is 1.14 bits per heavy atom. The van der Waals surface area contributed by atoms with Crippen LogP contribution in [0.4, 0.5) is 5.69 Å². The molecule has 1 aliphatic rings. The van der Waals surface area contributed by atoms with Gasteiger partial charge in [-0.15, -0.1) is 0 Å². The summed E-state index contributed by atoms with van der Waals surface area (Å²) in [7, 11) is 0. The molecule has 0 unspecified atom stereocenters. The summed E-state index contributed by atoms with van der Waals surface area (Å²) < 4.78 is 5.81. The van der Waals surface area contributed by atoms with E-state index in [4.69, 9.17) is 4.74 Å². The van der Waals surface area contributed by atoms with Gasteiger partial charge in [0.15, 0.2) is 0 Å². The normalized spacial score (nSPS) is 15.3. The Bertz CT molecular complexity index is 425. The van der Waals surface area contributed by atoms with E-state index in [1.54, 1.807) is 0 Å². The van der Waals surface area contributed by atoms with Crippen LogP contribution in [-0.2, 0) is 0 Å². The molecule has 1 aromatic carbocycles. The van der Waals surface area contributed by atoms with E-state index < -0.39 is 0 Å². The van der Waals surface area contributed by atoms with E-state index in [9.17, 15) is 0 Å². The highest BCUT2D eigenvalue weighted by Gasteiger charge is 2.15. The Labute approximate surface area is 129 Å². The maximum Gasteiger partial charge on any atom is 0.142 e. The number of rotatable bonds is 6. The topological polar surface area (TPSA) is 24.5 Å². The third-order valence-corrected chi connectivity index (χ3v) is 3.80. The van der Waals surface area contributed by atoms with Crippen LogP contribution in [0.3, 0.4) is 0 Å². The summed E-state index contributed by atoms with van der Waals surface area (Å²) in [6.45, 7) is 10.9. The first-order valence-electron chi connectivity index (χ1n) is 8.28. The molecule has 0 bridgehead atoms. The summed E-state index contributed by atoms with van der Waals surface area (Å²) >= 11 is 0. The fourth-order valence-corrected chi connectivity index (χ4v) is 2.70. The Balaban J connectivity index is 1.73. The van der Waals surface area contributed by atoms with Gasteiger partial charge in [-0.05, 0) is 58.7 Å². The lowest BCUT2D eigenvalue weighted by molar-refractivity contribution is 0.322. The summed E-state index contributed by atoms with van der Waals surface area (Å²) in [5.41, 5.74) is 1.50. The molecule has 3 heteroatoms. The van der Waals surface area contributed by atoms with Gasteiger partial charge in [0.05, 0.1) is 12.3 Å². The van der Waals surface area contributed by atoms with Gasteiger partial charge in [0.25, 0.3) is 0 Å². The first-order chi connectivity index (χ1) is 10.1. The monoisotopic (exact) mass is 290 g/mol. The van der Waals surface area contributed by atoms with Crippen molar-refractivity contribution in [1.29, 1.82) is 0 Å². The van der Waals surface area contributed by atoms with Crippen molar-refractivity contribution in [2.24, 2.45) is 0 Å². The molecule has 2 rings (SSSR count). The summed E-state index contributed by atoms with van der Waals surface area (Å²) in [6.07, 6.45) is 4.90. The van der Waals surface area contributed by atoms with Crippen LogP contribution >= 0.6 is 0 Å². The molecule has 0 atom stereocenters. The quantitative estimate of drug-likeness (QED) is 0.806. The molecule has 1 N–H and O–H groups in total. The molecule has 1 heterocycles. The molecular formula is C18H30N2O. The summed E-state index contributed by atoms with van der Waals surface area (Å²) in [5, 5.41) is 3.55. The molecule has 0 saturated carbocycles.